The van der Waals surface area contributed by atoms with Gasteiger partial charge in [0.05, 0.1) is 23.3 Å². The van der Waals surface area contributed by atoms with Crippen molar-refractivity contribution in [3.63, 3.8) is 0 Å². The first-order chi connectivity index (χ1) is 19.1. The van der Waals surface area contributed by atoms with E-state index in [0.29, 0.717) is 5.92 Å². The van der Waals surface area contributed by atoms with Gasteiger partial charge in [0.15, 0.2) is 16.7 Å². The number of hydrogen-bond donors (Lipinski definition) is 0. The minimum atomic E-state index is 0.0947. The number of fused-ring (bicyclic) bond motifs is 3. The Morgan fingerprint density at radius 1 is 1.03 bits per heavy atom. The highest BCUT2D eigenvalue weighted by atomic mass is 32.2. The lowest BCUT2D eigenvalue weighted by Crippen LogP contribution is -2.23. The van der Waals surface area contributed by atoms with Crippen molar-refractivity contribution in [1.82, 2.24) is 19.3 Å². The average Bonchev–Trinajstić information content (AvgIpc) is 3.80. The molecule has 39 heavy (non-hydrogen) atoms. The largest absolute Gasteiger partial charge is 0.461 e. The van der Waals surface area contributed by atoms with E-state index in [9.17, 15) is 4.79 Å². The van der Waals surface area contributed by atoms with Crippen molar-refractivity contribution in [1.29, 1.82) is 0 Å². The van der Waals surface area contributed by atoms with Gasteiger partial charge in [-0.25, -0.2) is 0 Å². The molecular weight excluding hydrogens is 504 g/mol. The molecule has 5 aromatic rings. The third-order valence-corrected chi connectivity index (χ3v) is 9.93. The Morgan fingerprint density at radius 3 is 2.59 bits per heavy atom. The molecule has 0 N–H and O–H groups in total. The second-order valence-corrected chi connectivity index (χ2v) is 12.1. The van der Waals surface area contributed by atoms with Crippen LogP contribution in [-0.4, -0.2) is 30.9 Å². The fourth-order valence-corrected chi connectivity index (χ4v) is 8.10. The van der Waals surface area contributed by atoms with Crippen LogP contribution in [0.1, 0.15) is 49.0 Å². The Balaban J connectivity index is 1.24. The smallest absolute Gasteiger partial charge is 0.200 e. The van der Waals surface area contributed by atoms with Gasteiger partial charge in [-0.05, 0) is 67.7 Å². The standard InChI is InChI=1S/C32H32N4O2S/c1-20(25-18-21-14-15-23(25)17-21)36-31(28-13-8-16-38-28)33-34-32(36)39-19-27(37)29-24-11-6-7-12-26(24)35(2)30(29)22-9-4-3-5-10-22/h3-13,16,20-21,23,25H,14-15,17-19H2,1-2H3/t20-,21-,23-,25+/m1/s1. The maximum atomic E-state index is 14.0. The predicted molar refractivity (Wildman–Crippen MR) is 155 cm³/mol. The molecule has 6 nitrogen and oxygen atoms in total. The van der Waals surface area contributed by atoms with Crippen molar-refractivity contribution in [2.45, 2.75) is 43.8 Å². The summed E-state index contributed by atoms with van der Waals surface area (Å²) in [6, 6.07) is 22.4. The van der Waals surface area contributed by atoms with E-state index in [4.69, 9.17) is 4.42 Å². The van der Waals surface area contributed by atoms with E-state index >= 15 is 0 Å². The number of benzene rings is 2. The summed E-state index contributed by atoms with van der Waals surface area (Å²) in [6.45, 7) is 2.30. The van der Waals surface area contributed by atoms with Crippen LogP contribution in [0.25, 0.3) is 33.7 Å². The normalized spacial score (nSPS) is 21.1. The summed E-state index contributed by atoms with van der Waals surface area (Å²) < 4.78 is 10.1. The Morgan fingerprint density at radius 2 is 1.85 bits per heavy atom. The molecule has 0 amide bonds. The molecule has 2 saturated carbocycles. The van der Waals surface area contributed by atoms with Crippen LogP contribution in [-0.2, 0) is 7.05 Å². The van der Waals surface area contributed by atoms with Crippen molar-refractivity contribution in [2.24, 2.45) is 24.8 Å². The number of carbonyl (C=O) groups is 1. The highest BCUT2D eigenvalue weighted by Crippen LogP contribution is 2.53. The molecule has 2 aliphatic carbocycles. The van der Waals surface area contributed by atoms with Crippen molar-refractivity contribution < 1.29 is 9.21 Å². The van der Waals surface area contributed by atoms with E-state index in [-0.39, 0.29) is 17.6 Å². The van der Waals surface area contributed by atoms with Gasteiger partial charge in [-0.2, -0.15) is 0 Å². The molecule has 0 aliphatic heterocycles. The summed E-state index contributed by atoms with van der Waals surface area (Å²) >= 11 is 1.49. The second kappa shape index (κ2) is 9.87. The molecule has 3 aromatic heterocycles. The summed E-state index contributed by atoms with van der Waals surface area (Å²) in [5.41, 5.74) is 3.82. The molecule has 7 rings (SSSR count). The summed E-state index contributed by atoms with van der Waals surface area (Å²) in [6.07, 6.45) is 6.98. The summed E-state index contributed by atoms with van der Waals surface area (Å²) in [5, 5.41) is 10.9. The number of ketones is 1. The third-order valence-electron chi connectivity index (χ3n) is 8.99. The van der Waals surface area contributed by atoms with E-state index in [1.807, 2.05) is 55.6 Å². The number of Topliss-reactive ketones (excluding diaryl/α,β-unsaturated/α-hetero) is 1. The molecular formula is C32H32N4O2S. The first kappa shape index (κ1) is 24.5. The highest BCUT2D eigenvalue weighted by Gasteiger charge is 2.43. The van der Waals surface area contributed by atoms with Crippen LogP contribution in [0, 0.1) is 17.8 Å². The van der Waals surface area contributed by atoms with Gasteiger partial charge in [0.1, 0.15) is 0 Å². The number of rotatable bonds is 8. The number of furan rings is 1. The average molecular weight is 537 g/mol. The number of aryl methyl sites for hydroxylation is 1. The van der Waals surface area contributed by atoms with Crippen molar-refractivity contribution in [3.8, 4) is 22.8 Å². The Bertz CT molecular complexity index is 1640. The Labute approximate surface area is 232 Å². The second-order valence-electron chi connectivity index (χ2n) is 11.1. The zero-order valence-electron chi connectivity index (χ0n) is 22.3. The minimum absolute atomic E-state index is 0.0947. The number of thioether (sulfide) groups is 1. The molecule has 0 spiro atoms. The van der Waals surface area contributed by atoms with Gasteiger partial charge in [0.2, 0.25) is 5.82 Å². The number of carbonyl (C=O) groups excluding carboxylic acids is 1. The van der Waals surface area contributed by atoms with Gasteiger partial charge in [-0.15, -0.1) is 10.2 Å². The number of aromatic nitrogens is 4. The molecule has 2 bridgehead atoms. The van der Waals surface area contributed by atoms with E-state index < -0.39 is 0 Å². The number of nitrogens with zero attached hydrogens (tertiary/aromatic N) is 4. The number of para-hydroxylation sites is 1. The zero-order valence-corrected chi connectivity index (χ0v) is 23.1. The number of hydrogen-bond acceptors (Lipinski definition) is 5. The maximum absolute atomic E-state index is 14.0. The molecule has 198 valence electrons. The summed E-state index contributed by atoms with van der Waals surface area (Å²) in [4.78, 5) is 14.0. The molecule has 2 aliphatic rings. The summed E-state index contributed by atoms with van der Waals surface area (Å²) in [5.74, 6) is 4.07. The molecule has 0 unspecified atom stereocenters. The van der Waals surface area contributed by atoms with Crippen LogP contribution < -0.4 is 0 Å². The van der Waals surface area contributed by atoms with Gasteiger partial charge in [-0.3, -0.25) is 9.36 Å². The monoisotopic (exact) mass is 536 g/mol. The molecule has 0 saturated heterocycles. The van der Waals surface area contributed by atoms with Crippen LogP contribution >= 0.6 is 11.8 Å². The van der Waals surface area contributed by atoms with Crippen LogP contribution in [0.2, 0.25) is 0 Å². The van der Waals surface area contributed by atoms with E-state index in [2.05, 4.69) is 44.5 Å². The minimum Gasteiger partial charge on any atom is -0.461 e. The fourth-order valence-electron chi connectivity index (χ4n) is 7.20. The summed E-state index contributed by atoms with van der Waals surface area (Å²) in [7, 11) is 2.04. The Hall–Kier alpha value is -3.58. The van der Waals surface area contributed by atoms with E-state index in [1.54, 1.807) is 6.26 Å². The molecule has 3 heterocycles. The fraction of sp³-hybridized carbons (Fsp3) is 0.344. The van der Waals surface area contributed by atoms with Crippen molar-refractivity contribution in [2.75, 3.05) is 5.75 Å². The van der Waals surface area contributed by atoms with Gasteiger partial charge in [-0.1, -0.05) is 66.7 Å². The first-order valence-electron chi connectivity index (χ1n) is 13.9. The lowest BCUT2D eigenvalue weighted by atomic mass is 9.84. The SMILES string of the molecule is C[C@H]([C@@H]1C[C@@H]2CC[C@@H]1C2)n1c(SCC(=O)c2c(-c3ccccc3)n(C)c3ccccc23)nnc1-c1ccco1. The van der Waals surface area contributed by atoms with Crippen molar-refractivity contribution >= 4 is 28.4 Å². The van der Waals surface area contributed by atoms with E-state index in [0.717, 1.165) is 56.3 Å². The highest BCUT2D eigenvalue weighted by molar-refractivity contribution is 7.99. The van der Waals surface area contributed by atoms with Gasteiger partial charge in [0.25, 0.3) is 0 Å². The van der Waals surface area contributed by atoms with Crippen LogP contribution in [0.5, 0.6) is 0 Å². The predicted octanol–water partition coefficient (Wildman–Crippen LogP) is 7.67. The quantitative estimate of drug-likeness (QED) is 0.150. The van der Waals surface area contributed by atoms with Crippen LogP contribution in [0.15, 0.2) is 82.6 Å². The molecule has 7 heteroatoms. The van der Waals surface area contributed by atoms with Crippen LogP contribution in [0.3, 0.4) is 0 Å². The van der Waals surface area contributed by atoms with Gasteiger partial charge in [0, 0.05) is 24.0 Å². The lowest BCUT2D eigenvalue weighted by molar-refractivity contribution is 0.102. The molecule has 2 aromatic carbocycles. The zero-order chi connectivity index (χ0) is 26.5. The van der Waals surface area contributed by atoms with Crippen LogP contribution in [0.4, 0.5) is 0 Å². The lowest BCUT2D eigenvalue weighted by Gasteiger charge is -2.30. The van der Waals surface area contributed by atoms with E-state index in [1.165, 1.54) is 37.4 Å². The third kappa shape index (κ3) is 4.15. The molecule has 2 fully saturated rings. The van der Waals surface area contributed by atoms with Crippen molar-refractivity contribution in [3.05, 3.63) is 78.6 Å². The topological polar surface area (TPSA) is 65.8 Å². The molecule has 0 radical (unpaired) electrons. The maximum Gasteiger partial charge on any atom is 0.200 e. The van der Waals surface area contributed by atoms with Gasteiger partial charge >= 0.3 is 0 Å². The van der Waals surface area contributed by atoms with Gasteiger partial charge < -0.3 is 8.98 Å². The first-order valence-corrected chi connectivity index (χ1v) is 14.9. The Kier molecular flexibility index (Phi) is 6.19. The molecule has 4 atom stereocenters.